The lowest BCUT2D eigenvalue weighted by Crippen LogP contribution is -2.22. The van der Waals surface area contributed by atoms with Gasteiger partial charge in [0.05, 0.1) is 0 Å². The number of nitrogens with one attached hydrogen (secondary N) is 1. The molecule has 0 spiro atoms. The fourth-order valence-electron chi connectivity index (χ4n) is 1.74. The van der Waals surface area contributed by atoms with Gasteiger partial charge in [-0.05, 0) is 24.6 Å². The molecule has 1 N–H and O–H groups in total. The van der Waals surface area contributed by atoms with Crippen LogP contribution in [0.5, 0.6) is 11.6 Å². The molecule has 1 heterocycles. The lowest BCUT2D eigenvalue weighted by Gasteiger charge is -2.13. The molecule has 19 heavy (non-hydrogen) atoms. The number of pyridine rings is 1. The second-order valence-corrected chi connectivity index (χ2v) is 4.87. The van der Waals surface area contributed by atoms with Gasteiger partial charge in [0.1, 0.15) is 5.75 Å². The van der Waals surface area contributed by atoms with Crippen LogP contribution in [0.4, 0.5) is 0 Å². The molecule has 3 nitrogen and oxygen atoms in total. The molecular weight excluding hydrogens is 236 g/mol. The van der Waals surface area contributed by atoms with Gasteiger partial charge >= 0.3 is 0 Å². The monoisotopic (exact) mass is 256 g/mol. The summed E-state index contributed by atoms with van der Waals surface area (Å²) in [6.07, 6.45) is 1.76. The minimum Gasteiger partial charge on any atom is -0.438 e. The van der Waals surface area contributed by atoms with Crippen LogP contribution in [0.2, 0.25) is 0 Å². The SMILES string of the molecule is Cc1ccccc1Oc1ncccc1CNC(C)C. The summed E-state index contributed by atoms with van der Waals surface area (Å²) in [5.41, 5.74) is 2.18. The first-order valence-electron chi connectivity index (χ1n) is 6.57. The molecule has 0 aliphatic rings. The molecular formula is C16H20N2O. The highest BCUT2D eigenvalue weighted by atomic mass is 16.5. The van der Waals surface area contributed by atoms with Crippen molar-refractivity contribution in [3.63, 3.8) is 0 Å². The van der Waals surface area contributed by atoms with E-state index in [2.05, 4.69) is 24.1 Å². The molecule has 3 heteroatoms. The molecule has 0 saturated heterocycles. The van der Waals surface area contributed by atoms with Crippen molar-refractivity contribution in [1.29, 1.82) is 0 Å². The van der Waals surface area contributed by atoms with Crippen LogP contribution in [0.1, 0.15) is 25.0 Å². The van der Waals surface area contributed by atoms with E-state index >= 15 is 0 Å². The average Bonchev–Trinajstić information content (AvgIpc) is 2.40. The molecule has 100 valence electrons. The molecule has 0 saturated carbocycles. The number of ether oxygens (including phenoxy) is 1. The van der Waals surface area contributed by atoms with Crippen LogP contribution < -0.4 is 10.1 Å². The maximum Gasteiger partial charge on any atom is 0.223 e. The topological polar surface area (TPSA) is 34.1 Å². The fraction of sp³-hybridized carbons (Fsp3) is 0.312. The third kappa shape index (κ3) is 3.80. The number of aryl methyl sites for hydroxylation is 1. The Labute approximate surface area is 114 Å². The number of para-hydroxylation sites is 1. The molecule has 1 aromatic heterocycles. The van der Waals surface area contributed by atoms with E-state index in [4.69, 9.17) is 4.74 Å². The first-order chi connectivity index (χ1) is 9.16. The zero-order valence-electron chi connectivity index (χ0n) is 11.7. The summed E-state index contributed by atoms with van der Waals surface area (Å²) in [4.78, 5) is 4.33. The Balaban J connectivity index is 2.18. The molecule has 0 aliphatic carbocycles. The summed E-state index contributed by atoms with van der Waals surface area (Å²) in [5, 5.41) is 3.38. The standard InChI is InChI=1S/C16H20N2O/c1-12(2)18-11-14-8-6-10-17-16(14)19-15-9-5-4-7-13(15)3/h4-10,12,18H,11H2,1-3H3. The molecule has 0 fully saturated rings. The van der Waals surface area contributed by atoms with Crippen LogP contribution in [-0.4, -0.2) is 11.0 Å². The maximum atomic E-state index is 5.92. The summed E-state index contributed by atoms with van der Waals surface area (Å²) in [6, 6.07) is 12.4. The number of hydrogen-bond acceptors (Lipinski definition) is 3. The van der Waals surface area contributed by atoms with E-state index in [0.29, 0.717) is 11.9 Å². The third-order valence-corrected chi connectivity index (χ3v) is 2.85. The Kier molecular flexibility index (Phi) is 4.53. The van der Waals surface area contributed by atoms with Crippen molar-refractivity contribution in [1.82, 2.24) is 10.3 Å². The first-order valence-corrected chi connectivity index (χ1v) is 6.57. The van der Waals surface area contributed by atoms with Gasteiger partial charge in [-0.25, -0.2) is 4.98 Å². The summed E-state index contributed by atoms with van der Waals surface area (Å²) in [6.45, 7) is 7.04. The highest BCUT2D eigenvalue weighted by molar-refractivity contribution is 5.37. The van der Waals surface area contributed by atoms with Crippen molar-refractivity contribution < 1.29 is 4.74 Å². The van der Waals surface area contributed by atoms with Gasteiger partial charge in [-0.15, -0.1) is 0 Å². The van der Waals surface area contributed by atoms with Crippen molar-refractivity contribution in [3.8, 4) is 11.6 Å². The predicted molar refractivity (Wildman–Crippen MR) is 77.5 cm³/mol. The van der Waals surface area contributed by atoms with Crippen LogP contribution in [0.25, 0.3) is 0 Å². The summed E-state index contributed by atoms with van der Waals surface area (Å²) in [7, 11) is 0. The normalized spacial score (nSPS) is 10.7. The van der Waals surface area contributed by atoms with Crippen LogP contribution in [0.3, 0.4) is 0 Å². The second kappa shape index (κ2) is 6.34. The van der Waals surface area contributed by atoms with E-state index < -0.39 is 0 Å². The molecule has 0 atom stereocenters. The molecule has 1 aromatic carbocycles. The maximum absolute atomic E-state index is 5.92. The zero-order chi connectivity index (χ0) is 13.7. The largest absolute Gasteiger partial charge is 0.438 e. The first kappa shape index (κ1) is 13.6. The van der Waals surface area contributed by atoms with Crippen molar-refractivity contribution in [2.75, 3.05) is 0 Å². The molecule has 2 aromatic rings. The fourth-order valence-corrected chi connectivity index (χ4v) is 1.74. The number of nitrogens with zero attached hydrogens (tertiary/aromatic N) is 1. The summed E-state index contributed by atoms with van der Waals surface area (Å²) >= 11 is 0. The van der Waals surface area contributed by atoms with Crippen molar-refractivity contribution >= 4 is 0 Å². The quantitative estimate of drug-likeness (QED) is 0.886. The number of aromatic nitrogens is 1. The number of benzene rings is 1. The molecule has 0 radical (unpaired) electrons. The minimum atomic E-state index is 0.437. The Morgan fingerprint density at radius 1 is 1.16 bits per heavy atom. The molecule has 0 bridgehead atoms. The van der Waals surface area contributed by atoms with Gasteiger partial charge in [0.15, 0.2) is 0 Å². The van der Waals surface area contributed by atoms with Gasteiger partial charge in [0.25, 0.3) is 0 Å². The van der Waals surface area contributed by atoms with E-state index in [1.165, 1.54) is 0 Å². The van der Waals surface area contributed by atoms with Crippen molar-refractivity contribution in [2.45, 2.75) is 33.4 Å². The van der Waals surface area contributed by atoms with Crippen molar-refractivity contribution in [2.24, 2.45) is 0 Å². The summed E-state index contributed by atoms with van der Waals surface area (Å²) < 4.78 is 5.92. The Hall–Kier alpha value is -1.87. The number of rotatable bonds is 5. The Morgan fingerprint density at radius 3 is 2.68 bits per heavy atom. The van der Waals surface area contributed by atoms with Crippen LogP contribution in [0.15, 0.2) is 42.6 Å². The highest BCUT2D eigenvalue weighted by Gasteiger charge is 2.07. The molecule has 0 unspecified atom stereocenters. The second-order valence-electron chi connectivity index (χ2n) is 4.87. The third-order valence-electron chi connectivity index (χ3n) is 2.85. The molecule has 2 rings (SSSR count). The van der Waals surface area contributed by atoms with E-state index in [1.807, 2.05) is 43.3 Å². The van der Waals surface area contributed by atoms with E-state index in [-0.39, 0.29) is 0 Å². The summed E-state index contributed by atoms with van der Waals surface area (Å²) in [5.74, 6) is 1.52. The van der Waals surface area contributed by atoms with Gasteiger partial charge in [0, 0.05) is 24.3 Å². The van der Waals surface area contributed by atoms with Gasteiger partial charge in [-0.1, -0.05) is 38.1 Å². The van der Waals surface area contributed by atoms with Crippen LogP contribution in [0, 0.1) is 6.92 Å². The van der Waals surface area contributed by atoms with Crippen LogP contribution in [-0.2, 0) is 6.54 Å². The highest BCUT2D eigenvalue weighted by Crippen LogP contribution is 2.25. The van der Waals surface area contributed by atoms with Gasteiger partial charge < -0.3 is 10.1 Å². The predicted octanol–water partition coefficient (Wildman–Crippen LogP) is 3.68. The molecule has 0 aliphatic heterocycles. The van der Waals surface area contributed by atoms with Crippen molar-refractivity contribution in [3.05, 3.63) is 53.7 Å². The number of hydrogen-bond donors (Lipinski definition) is 1. The van der Waals surface area contributed by atoms with Gasteiger partial charge in [0.2, 0.25) is 5.88 Å². The zero-order valence-corrected chi connectivity index (χ0v) is 11.7. The van der Waals surface area contributed by atoms with E-state index in [0.717, 1.165) is 23.4 Å². The van der Waals surface area contributed by atoms with E-state index in [9.17, 15) is 0 Å². The lowest BCUT2D eigenvalue weighted by atomic mass is 10.2. The van der Waals surface area contributed by atoms with Gasteiger partial charge in [-0.2, -0.15) is 0 Å². The molecule has 0 amide bonds. The minimum absolute atomic E-state index is 0.437. The van der Waals surface area contributed by atoms with E-state index in [1.54, 1.807) is 6.20 Å². The Bertz CT molecular complexity index is 538. The smallest absolute Gasteiger partial charge is 0.223 e. The average molecular weight is 256 g/mol. The van der Waals surface area contributed by atoms with Gasteiger partial charge in [-0.3, -0.25) is 0 Å². The Morgan fingerprint density at radius 2 is 1.95 bits per heavy atom. The lowest BCUT2D eigenvalue weighted by molar-refractivity contribution is 0.447. The van der Waals surface area contributed by atoms with Crippen LogP contribution >= 0.6 is 0 Å².